The number of ether oxygens (including phenoxy) is 2. The van der Waals surface area contributed by atoms with Crippen molar-refractivity contribution in [1.29, 1.82) is 0 Å². The number of fused-ring (bicyclic) bond motifs is 1. The monoisotopic (exact) mass is 415 g/mol. The second-order valence-electron chi connectivity index (χ2n) is 7.19. The van der Waals surface area contributed by atoms with Crippen molar-refractivity contribution in [1.82, 2.24) is 9.97 Å². The second kappa shape index (κ2) is 8.57. The minimum absolute atomic E-state index is 0.303. The Hall–Kier alpha value is -3.71. The SMILES string of the molecule is O=c1nc(N2CCOCC2)oc2c(-c3ccccc3)c(OCc3ccccn3)ccc12. The quantitative estimate of drug-likeness (QED) is 0.492. The summed E-state index contributed by atoms with van der Waals surface area (Å²) in [4.78, 5) is 23.3. The van der Waals surface area contributed by atoms with Crippen LogP contribution in [0.1, 0.15) is 5.69 Å². The van der Waals surface area contributed by atoms with Crippen LogP contribution in [0.15, 0.2) is 76.1 Å². The molecular weight excluding hydrogens is 394 g/mol. The van der Waals surface area contributed by atoms with Crippen LogP contribution in [0.25, 0.3) is 22.1 Å². The lowest BCUT2D eigenvalue weighted by molar-refractivity contribution is 0.120. The van der Waals surface area contributed by atoms with E-state index in [-0.39, 0.29) is 5.56 Å². The molecule has 2 aromatic heterocycles. The molecule has 7 nitrogen and oxygen atoms in total. The van der Waals surface area contributed by atoms with E-state index in [2.05, 4.69) is 9.97 Å². The number of aromatic nitrogens is 2. The Labute approximate surface area is 178 Å². The van der Waals surface area contributed by atoms with E-state index in [0.29, 0.717) is 55.6 Å². The van der Waals surface area contributed by atoms with Gasteiger partial charge in [0.25, 0.3) is 5.56 Å². The van der Waals surface area contributed by atoms with Gasteiger partial charge in [0.2, 0.25) is 0 Å². The van der Waals surface area contributed by atoms with E-state index in [1.807, 2.05) is 53.4 Å². The van der Waals surface area contributed by atoms with Gasteiger partial charge in [-0.15, -0.1) is 0 Å². The summed E-state index contributed by atoms with van der Waals surface area (Å²) in [7, 11) is 0. The molecule has 7 heteroatoms. The van der Waals surface area contributed by atoms with Crippen molar-refractivity contribution < 1.29 is 13.9 Å². The van der Waals surface area contributed by atoms with Crippen molar-refractivity contribution in [2.45, 2.75) is 6.61 Å². The molecule has 5 rings (SSSR count). The maximum Gasteiger partial charge on any atom is 0.301 e. The van der Waals surface area contributed by atoms with Crippen molar-refractivity contribution in [3.63, 3.8) is 0 Å². The average molecular weight is 415 g/mol. The maximum atomic E-state index is 12.8. The van der Waals surface area contributed by atoms with Crippen molar-refractivity contribution in [3.05, 3.63) is 82.9 Å². The van der Waals surface area contributed by atoms with Gasteiger partial charge in [0.15, 0.2) is 5.58 Å². The van der Waals surface area contributed by atoms with E-state index in [9.17, 15) is 4.79 Å². The van der Waals surface area contributed by atoms with Gasteiger partial charge in [0.05, 0.1) is 29.9 Å². The van der Waals surface area contributed by atoms with Crippen LogP contribution in [-0.4, -0.2) is 36.3 Å². The second-order valence-corrected chi connectivity index (χ2v) is 7.19. The molecule has 3 heterocycles. The van der Waals surface area contributed by atoms with Gasteiger partial charge < -0.3 is 18.8 Å². The number of benzene rings is 2. The zero-order valence-corrected chi connectivity index (χ0v) is 16.9. The lowest BCUT2D eigenvalue weighted by Crippen LogP contribution is -2.37. The summed E-state index contributed by atoms with van der Waals surface area (Å²) >= 11 is 0. The first-order valence-electron chi connectivity index (χ1n) is 10.2. The molecule has 31 heavy (non-hydrogen) atoms. The van der Waals surface area contributed by atoms with Crippen molar-refractivity contribution >= 4 is 17.0 Å². The first-order valence-corrected chi connectivity index (χ1v) is 10.2. The first-order chi connectivity index (χ1) is 15.3. The smallest absolute Gasteiger partial charge is 0.301 e. The summed E-state index contributed by atoms with van der Waals surface area (Å²) in [5.74, 6) is 0.617. The van der Waals surface area contributed by atoms with Crippen LogP contribution in [0, 0.1) is 0 Å². The lowest BCUT2D eigenvalue weighted by atomic mass is 10.0. The third kappa shape index (κ3) is 4.00. The number of hydrogen-bond acceptors (Lipinski definition) is 7. The van der Waals surface area contributed by atoms with E-state index in [1.165, 1.54) is 0 Å². The van der Waals surface area contributed by atoms with Gasteiger partial charge in [-0.3, -0.25) is 9.78 Å². The molecule has 0 amide bonds. The Morgan fingerprint density at radius 2 is 1.77 bits per heavy atom. The van der Waals surface area contributed by atoms with E-state index in [0.717, 1.165) is 16.8 Å². The van der Waals surface area contributed by atoms with E-state index < -0.39 is 0 Å². The predicted molar refractivity (Wildman–Crippen MR) is 117 cm³/mol. The summed E-state index contributed by atoms with van der Waals surface area (Å²) in [5.41, 5.74) is 2.57. The maximum absolute atomic E-state index is 12.8. The third-order valence-corrected chi connectivity index (χ3v) is 5.19. The minimum atomic E-state index is -0.323. The van der Waals surface area contributed by atoms with E-state index in [4.69, 9.17) is 13.9 Å². The van der Waals surface area contributed by atoms with Crippen molar-refractivity contribution in [2.75, 3.05) is 31.2 Å². The molecule has 1 aliphatic rings. The molecule has 1 aliphatic heterocycles. The van der Waals surface area contributed by atoms with Crippen LogP contribution in [-0.2, 0) is 11.3 Å². The molecule has 156 valence electrons. The summed E-state index contributed by atoms with van der Waals surface area (Å²) in [5, 5.41) is 0.418. The molecule has 4 aromatic rings. The molecule has 0 saturated carbocycles. The third-order valence-electron chi connectivity index (χ3n) is 5.19. The highest BCUT2D eigenvalue weighted by Gasteiger charge is 2.21. The summed E-state index contributed by atoms with van der Waals surface area (Å²) in [6, 6.07) is 19.3. The number of anilines is 1. The number of rotatable bonds is 5. The summed E-state index contributed by atoms with van der Waals surface area (Å²) in [6.07, 6.45) is 1.73. The molecule has 0 bridgehead atoms. The molecular formula is C24H21N3O4. The number of nitrogens with zero attached hydrogens (tertiary/aromatic N) is 3. The molecule has 0 spiro atoms. The summed E-state index contributed by atoms with van der Waals surface area (Å²) in [6.45, 7) is 2.69. The van der Waals surface area contributed by atoms with Gasteiger partial charge in [-0.1, -0.05) is 36.4 Å². The number of morpholine rings is 1. The number of hydrogen-bond donors (Lipinski definition) is 0. The Kier molecular flexibility index (Phi) is 5.33. The molecule has 1 saturated heterocycles. The highest BCUT2D eigenvalue weighted by molar-refractivity contribution is 5.95. The molecule has 2 aromatic carbocycles. The molecule has 0 radical (unpaired) electrons. The Morgan fingerprint density at radius 3 is 2.55 bits per heavy atom. The van der Waals surface area contributed by atoms with Gasteiger partial charge in [-0.2, -0.15) is 4.98 Å². The highest BCUT2D eigenvalue weighted by Crippen LogP contribution is 2.37. The van der Waals surface area contributed by atoms with Crippen molar-refractivity contribution in [2.24, 2.45) is 0 Å². The predicted octanol–water partition coefficient (Wildman–Crippen LogP) is 3.67. The Balaban J connectivity index is 1.64. The fraction of sp³-hybridized carbons (Fsp3) is 0.208. The largest absolute Gasteiger partial charge is 0.487 e. The molecule has 0 atom stereocenters. The molecule has 1 fully saturated rings. The first kappa shape index (κ1) is 19.3. The average Bonchev–Trinajstić information content (AvgIpc) is 2.84. The van der Waals surface area contributed by atoms with Gasteiger partial charge in [0, 0.05) is 19.3 Å². The minimum Gasteiger partial charge on any atom is -0.487 e. The van der Waals surface area contributed by atoms with Crippen LogP contribution in [0.3, 0.4) is 0 Å². The van der Waals surface area contributed by atoms with Gasteiger partial charge in [-0.05, 0) is 29.8 Å². The van der Waals surface area contributed by atoms with E-state index >= 15 is 0 Å². The Bertz CT molecular complexity index is 1240. The van der Waals surface area contributed by atoms with Crippen LogP contribution >= 0.6 is 0 Å². The standard InChI is InChI=1S/C24H21N3O4/c28-23-19-9-10-20(30-16-18-8-4-5-11-25-18)21(17-6-2-1-3-7-17)22(19)31-24(26-23)27-12-14-29-15-13-27/h1-11H,12-16H2. The van der Waals surface area contributed by atoms with Crippen LogP contribution < -0.4 is 15.2 Å². The van der Waals surface area contributed by atoms with Gasteiger partial charge in [0.1, 0.15) is 12.4 Å². The van der Waals surface area contributed by atoms with Gasteiger partial charge in [-0.25, -0.2) is 0 Å². The zero-order chi connectivity index (χ0) is 21.0. The van der Waals surface area contributed by atoms with Gasteiger partial charge >= 0.3 is 6.01 Å². The fourth-order valence-electron chi connectivity index (χ4n) is 3.62. The summed E-state index contributed by atoms with van der Waals surface area (Å²) < 4.78 is 17.8. The molecule has 0 aliphatic carbocycles. The Morgan fingerprint density at radius 1 is 0.968 bits per heavy atom. The highest BCUT2D eigenvalue weighted by atomic mass is 16.5. The topological polar surface area (TPSA) is 77.7 Å². The molecule has 0 unspecified atom stereocenters. The van der Waals surface area contributed by atoms with E-state index in [1.54, 1.807) is 18.3 Å². The van der Waals surface area contributed by atoms with Crippen LogP contribution in [0.2, 0.25) is 0 Å². The van der Waals surface area contributed by atoms with Crippen molar-refractivity contribution in [3.8, 4) is 16.9 Å². The lowest BCUT2D eigenvalue weighted by Gasteiger charge is -2.26. The normalized spacial score (nSPS) is 14.0. The zero-order valence-electron chi connectivity index (χ0n) is 16.9. The van der Waals surface area contributed by atoms with Crippen LogP contribution in [0.4, 0.5) is 6.01 Å². The fourth-order valence-corrected chi connectivity index (χ4v) is 3.62. The number of pyridine rings is 1. The molecule has 0 N–H and O–H groups in total. The van der Waals surface area contributed by atoms with Crippen LogP contribution in [0.5, 0.6) is 5.75 Å².